The molecule has 0 spiro atoms. The highest BCUT2D eigenvalue weighted by Crippen LogP contribution is 2.10. The van der Waals surface area contributed by atoms with Crippen molar-refractivity contribution in [3.05, 3.63) is 35.4 Å². The maximum absolute atomic E-state index is 3.40. The third-order valence-corrected chi connectivity index (χ3v) is 2.71. The van der Waals surface area contributed by atoms with Crippen molar-refractivity contribution in [3.8, 4) is 0 Å². The highest BCUT2D eigenvalue weighted by Gasteiger charge is 1.93. The van der Waals surface area contributed by atoms with Crippen LogP contribution < -0.4 is 5.32 Å². The Kier molecular flexibility index (Phi) is 5.72. The standard InChI is InChI=1S/C12H19NS/c1-3-8-13-9-11-4-6-12(7-5-11)10-14-2/h4-7,13H,3,8-10H2,1-2H3. The average Bonchev–Trinajstić information content (AvgIpc) is 2.21. The fourth-order valence-corrected chi connectivity index (χ4v) is 1.86. The lowest BCUT2D eigenvalue weighted by Crippen LogP contribution is -2.13. The number of nitrogens with one attached hydrogen (secondary N) is 1. The Bertz CT molecular complexity index is 243. The van der Waals surface area contributed by atoms with Gasteiger partial charge in [-0.15, -0.1) is 0 Å². The summed E-state index contributed by atoms with van der Waals surface area (Å²) < 4.78 is 0. The number of benzene rings is 1. The van der Waals surface area contributed by atoms with Crippen molar-refractivity contribution in [2.45, 2.75) is 25.6 Å². The number of thioether (sulfide) groups is 1. The summed E-state index contributed by atoms with van der Waals surface area (Å²) in [6.45, 7) is 4.29. The van der Waals surface area contributed by atoms with E-state index in [0.717, 1.165) is 18.8 Å². The first-order valence-electron chi connectivity index (χ1n) is 5.14. The summed E-state index contributed by atoms with van der Waals surface area (Å²) in [5.74, 6) is 1.11. The van der Waals surface area contributed by atoms with Crippen LogP contribution in [0.2, 0.25) is 0 Å². The summed E-state index contributed by atoms with van der Waals surface area (Å²) in [7, 11) is 0. The zero-order chi connectivity index (χ0) is 10.2. The SMILES string of the molecule is CCCNCc1ccc(CSC)cc1. The topological polar surface area (TPSA) is 12.0 Å². The number of rotatable bonds is 6. The van der Waals surface area contributed by atoms with Crippen LogP contribution in [0.1, 0.15) is 24.5 Å². The molecule has 0 aliphatic carbocycles. The molecule has 2 heteroatoms. The first kappa shape index (κ1) is 11.6. The highest BCUT2D eigenvalue weighted by atomic mass is 32.2. The van der Waals surface area contributed by atoms with E-state index in [-0.39, 0.29) is 0 Å². The van der Waals surface area contributed by atoms with Gasteiger partial charge in [0.25, 0.3) is 0 Å². The molecule has 1 nitrogen and oxygen atoms in total. The van der Waals surface area contributed by atoms with E-state index >= 15 is 0 Å². The van der Waals surface area contributed by atoms with Gasteiger partial charge in [-0.1, -0.05) is 31.2 Å². The molecule has 0 bridgehead atoms. The van der Waals surface area contributed by atoms with Crippen molar-refractivity contribution >= 4 is 11.8 Å². The second-order valence-electron chi connectivity index (χ2n) is 3.43. The molecule has 0 radical (unpaired) electrons. The first-order chi connectivity index (χ1) is 6.86. The van der Waals surface area contributed by atoms with Gasteiger partial charge in [-0.25, -0.2) is 0 Å². The predicted molar refractivity (Wildman–Crippen MR) is 65.7 cm³/mol. The van der Waals surface area contributed by atoms with E-state index in [0.29, 0.717) is 0 Å². The minimum Gasteiger partial charge on any atom is -0.313 e. The Morgan fingerprint density at radius 2 is 1.79 bits per heavy atom. The molecule has 78 valence electrons. The van der Waals surface area contributed by atoms with Crippen LogP contribution in [0, 0.1) is 0 Å². The highest BCUT2D eigenvalue weighted by molar-refractivity contribution is 7.97. The third kappa shape index (κ3) is 4.16. The fourth-order valence-electron chi connectivity index (χ4n) is 1.33. The smallest absolute Gasteiger partial charge is 0.0205 e. The molecular formula is C12H19NS. The van der Waals surface area contributed by atoms with E-state index in [2.05, 4.69) is 42.8 Å². The van der Waals surface area contributed by atoms with Crippen LogP contribution in [-0.4, -0.2) is 12.8 Å². The van der Waals surface area contributed by atoms with Gasteiger partial charge in [0, 0.05) is 12.3 Å². The Hall–Kier alpha value is -0.470. The van der Waals surface area contributed by atoms with E-state index in [1.165, 1.54) is 17.5 Å². The van der Waals surface area contributed by atoms with Gasteiger partial charge in [0.1, 0.15) is 0 Å². The van der Waals surface area contributed by atoms with E-state index in [1.807, 2.05) is 11.8 Å². The Labute approximate surface area is 91.3 Å². The average molecular weight is 209 g/mol. The summed E-state index contributed by atoms with van der Waals surface area (Å²) >= 11 is 1.87. The largest absolute Gasteiger partial charge is 0.313 e. The molecule has 0 saturated carbocycles. The molecule has 0 fully saturated rings. The van der Waals surface area contributed by atoms with E-state index in [9.17, 15) is 0 Å². The summed E-state index contributed by atoms with van der Waals surface area (Å²) in [5.41, 5.74) is 2.79. The lowest BCUT2D eigenvalue weighted by Gasteiger charge is -2.04. The van der Waals surface area contributed by atoms with Crippen LogP contribution in [0.5, 0.6) is 0 Å². The maximum atomic E-state index is 3.40. The van der Waals surface area contributed by atoms with Crippen LogP contribution in [0.25, 0.3) is 0 Å². The normalized spacial score (nSPS) is 10.4. The van der Waals surface area contributed by atoms with Gasteiger partial charge < -0.3 is 5.32 Å². The van der Waals surface area contributed by atoms with E-state index in [1.54, 1.807) is 0 Å². The van der Waals surface area contributed by atoms with Crippen LogP contribution in [0.4, 0.5) is 0 Å². The zero-order valence-electron chi connectivity index (χ0n) is 9.05. The van der Waals surface area contributed by atoms with Crippen LogP contribution in [-0.2, 0) is 12.3 Å². The predicted octanol–water partition coefficient (Wildman–Crippen LogP) is 3.05. The first-order valence-corrected chi connectivity index (χ1v) is 6.53. The van der Waals surface area contributed by atoms with Crippen molar-refractivity contribution in [3.63, 3.8) is 0 Å². The lowest BCUT2D eigenvalue weighted by atomic mass is 10.1. The van der Waals surface area contributed by atoms with Gasteiger partial charge >= 0.3 is 0 Å². The van der Waals surface area contributed by atoms with Crippen molar-refractivity contribution in [1.82, 2.24) is 5.32 Å². The lowest BCUT2D eigenvalue weighted by molar-refractivity contribution is 0.675. The third-order valence-electron chi connectivity index (χ3n) is 2.09. The minimum atomic E-state index is 0.993. The zero-order valence-corrected chi connectivity index (χ0v) is 9.86. The van der Waals surface area contributed by atoms with Crippen LogP contribution in [0.3, 0.4) is 0 Å². The molecule has 0 saturated heterocycles. The molecule has 1 aromatic rings. The Balaban J connectivity index is 2.38. The quantitative estimate of drug-likeness (QED) is 0.723. The summed E-state index contributed by atoms with van der Waals surface area (Å²) in [4.78, 5) is 0. The van der Waals surface area contributed by atoms with Gasteiger partial charge in [-0.2, -0.15) is 11.8 Å². The number of hydrogen-bond acceptors (Lipinski definition) is 2. The second kappa shape index (κ2) is 6.91. The van der Waals surface area contributed by atoms with E-state index < -0.39 is 0 Å². The molecule has 1 N–H and O–H groups in total. The molecule has 1 rings (SSSR count). The monoisotopic (exact) mass is 209 g/mol. The summed E-state index contributed by atoms with van der Waals surface area (Å²) in [5, 5.41) is 3.40. The van der Waals surface area contributed by atoms with Gasteiger partial charge in [0.2, 0.25) is 0 Å². The summed E-state index contributed by atoms with van der Waals surface area (Å²) in [6.07, 6.45) is 3.33. The molecule has 0 aliphatic rings. The fraction of sp³-hybridized carbons (Fsp3) is 0.500. The van der Waals surface area contributed by atoms with Crippen molar-refractivity contribution in [1.29, 1.82) is 0 Å². The molecule has 1 aromatic carbocycles. The molecular weight excluding hydrogens is 190 g/mol. The molecule has 14 heavy (non-hydrogen) atoms. The van der Waals surface area contributed by atoms with Crippen molar-refractivity contribution in [2.75, 3.05) is 12.8 Å². The maximum Gasteiger partial charge on any atom is 0.0205 e. The van der Waals surface area contributed by atoms with Crippen LogP contribution in [0.15, 0.2) is 24.3 Å². The molecule has 0 atom stereocenters. The Morgan fingerprint density at radius 3 is 2.36 bits per heavy atom. The van der Waals surface area contributed by atoms with Crippen LogP contribution >= 0.6 is 11.8 Å². The molecule has 0 heterocycles. The van der Waals surface area contributed by atoms with E-state index in [4.69, 9.17) is 0 Å². The summed E-state index contributed by atoms with van der Waals surface area (Å²) in [6, 6.07) is 8.88. The molecule has 0 aliphatic heterocycles. The van der Waals surface area contributed by atoms with Crippen molar-refractivity contribution < 1.29 is 0 Å². The Morgan fingerprint density at radius 1 is 1.14 bits per heavy atom. The van der Waals surface area contributed by atoms with Gasteiger partial charge in [0.15, 0.2) is 0 Å². The minimum absolute atomic E-state index is 0.993. The second-order valence-corrected chi connectivity index (χ2v) is 4.29. The van der Waals surface area contributed by atoms with Crippen molar-refractivity contribution in [2.24, 2.45) is 0 Å². The molecule has 0 unspecified atom stereocenters. The van der Waals surface area contributed by atoms with Gasteiger partial charge in [-0.05, 0) is 30.3 Å². The molecule has 0 aromatic heterocycles. The molecule has 0 amide bonds. The van der Waals surface area contributed by atoms with Gasteiger partial charge in [-0.3, -0.25) is 0 Å². The number of hydrogen-bond donors (Lipinski definition) is 1. The van der Waals surface area contributed by atoms with Gasteiger partial charge in [0.05, 0.1) is 0 Å².